The number of ether oxygens (including phenoxy) is 2. The number of aryl methyl sites for hydroxylation is 1. The lowest BCUT2D eigenvalue weighted by molar-refractivity contribution is 0.374. The van der Waals surface area contributed by atoms with Crippen LogP contribution in [0.3, 0.4) is 0 Å². The van der Waals surface area contributed by atoms with E-state index >= 15 is 0 Å². The molecule has 0 spiro atoms. The van der Waals surface area contributed by atoms with E-state index in [0.717, 1.165) is 5.56 Å². The molecule has 2 rings (SSSR count). The molecule has 0 atom stereocenters. The zero-order chi connectivity index (χ0) is 13.8. The normalized spacial score (nSPS) is 10.0. The van der Waals surface area contributed by atoms with E-state index in [1.54, 1.807) is 31.5 Å². The number of hydrogen-bond donors (Lipinski definition) is 2. The number of pyridine rings is 1. The highest BCUT2D eigenvalue weighted by atomic mass is 16.5. The molecule has 0 radical (unpaired) electrons. The predicted octanol–water partition coefficient (Wildman–Crippen LogP) is 2.47. The largest absolute Gasteiger partial charge is 0.493 e. The van der Waals surface area contributed by atoms with Crippen LogP contribution in [-0.4, -0.2) is 17.9 Å². The van der Waals surface area contributed by atoms with Gasteiger partial charge in [0.15, 0.2) is 11.5 Å². The fourth-order valence-corrected chi connectivity index (χ4v) is 1.75. The monoisotopic (exact) mass is 257 g/mol. The summed E-state index contributed by atoms with van der Waals surface area (Å²) < 4.78 is 10.9. The second kappa shape index (κ2) is 5.39. The van der Waals surface area contributed by atoms with Gasteiger partial charge in [-0.2, -0.15) is 0 Å². The Bertz CT molecular complexity index is 611. The van der Waals surface area contributed by atoms with Crippen LogP contribution in [0.1, 0.15) is 11.1 Å². The molecule has 0 saturated carbocycles. The maximum atomic E-state index is 7.61. The first-order chi connectivity index (χ1) is 9.13. The smallest absolute Gasteiger partial charge is 0.230 e. The topological polar surface area (TPSA) is 81.2 Å². The van der Waals surface area contributed by atoms with Gasteiger partial charge in [0.1, 0.15) is 5.84 Å². The van der Waals surface area contributed by atoms with Crippen molar-refractivity contribution >= 4 is 5.84 Å². The van der Waals surface area contributed by atoms with Gasteiger partial charge in [0.25, 0.3) is 0 Å². The third-order valence-electron chi connectivity index (χ3n) is 2.67. The van der Waals surface area contributed by atoms with Gasteiger partial charge in [-0.05, 0) is 30.7 Å². The first-order valence-corrected chi connectivity index (χ1v) is 5.74. The molecule has 2 aromatic rings. The van der Waals surface area contributed by atoms with E-state index in [9.17, 15) is 0 Å². The summed E-state index contributed by atoms with van der Waals surface area (Å²) in [5.74, 6) is 1.36. The first-order valence-electron chi connectivity index (χ1n) is 5.74. The zero-order valence-corrected chi connectivity index (χ0v) is 10.8. The maximum absolute atomic E-state index is 7.61. The summed E-state index contributed by atoms with van der Waals surface area (Å²) in [4.78, 5) is 4.13. The molecule has 0 bridgehead atoms. The van der Waals surface area contributed by atoms with Crippen molar-refractivity contribution in [3.8, 4) is 17.4 Å². The van der Waals surface area contributed by atoms with Crippen LogP contribution in [-0.2, 0) is 0 Å². The Morgan fingerprint density at radius 2 is 1.89 bits per heavy atom. The van der Waals surface area contributed by atoms with E-state index in [0.29, 0.717) is 22.9 Å². The SMILES string of the molecule is COc1ccccc1Oc1nccc(C)c1C(=N)N. The summed E-state index contributed by atoms with van der Waals surface area (Å²) in [6, 6.07) is 9.03. The van der Waals surface area contributed by atoms with E-state index in [-0.39, 0.29) is 5.84 Å². The molecule has 0 amide bonds. The Balaban J connectivity index is 2.44. The second-order valence-corrected chi connectivity index (χ2v) is 3.97. The van der Waals surface area contributed by atoms with Crippen molar-refractivity contribution in [2.75, 3.05) is 7.11 Å². The molecule has 98 valence electrons. The number of amidine groups is 1. The highest BCUT2D eigenvalue weighted by Crippen LogP contribution is 2.32. The van der Waals surface area contributed by atoms with Crippen LogP contribution in [0.4, 0.5) is 0 Å². The zero-order valence-electron chi connectivity index (χ0n) is 10.8. The third-order valence-corrected chi connectivity index (χ3v) is 2.67. The van der Waals surface area contributed by atoms with E-state index in [1.807, 2.05) is 19.1 Å². The van der Waals surface area contributed by atoms with Crippen LogP contribution >= 0.6 is 0 Å². The van der Waals surface area contributed by atoms with E-state index in [4.69, 9.17) is 20.6 Å². The van der Waals surface area contributed by atoms with Gasteiger partial charge in [0, 0.05) is 6.20 Å². The number of nitrogens with zero attached hydrogens (tertiary/aromatic N) is 1. The Morgan fingerprint density at radius 3 is 2.53 bits per heavy atom. The molecule has 0 aliphatic heterocycles. The van der Waals surface area contributed by atoms with Crippen LogP contribution in [0.15, 0.2) is 36.5 Å². The number of para-hydroxylation sites is 2. The van der Waals surface area contributed by atoms with Crippen molar-refractivity contribution < 1.29 is 9.47 Å². The number of nitrogens with two attached hydrogens (primary N) is 1. The molecule has 5 heteroatoms. The van der Waals surface area contributed by atoms with Gasteiger partial charge < -0.3 is 15.2 Å². The van der Waals surface area contributed by atoms with Crippen molar-refractivity contribution in [3.63, 3.8) is 0 Å². The highest BCUT2D eigenvalue weighted by molar-refractivity contribution is 5.98. The molecule has 0 saturated heterocycles. The van der Waals surface area contributed by atoms with E-state index in [2.05, 4.69) is 4.98 Å². The van der Waals surface area contributed by atoms with Gasteiger partial charge >= 0.3 is 0 Å². The number of hydrogen-bond acceptors (Lipinski definition) is 4. The number of aromatic nitrogens is 1. The van der Waals surface area contributed by atoms with Crippen LogP contribution in [0.25, 0.3) is 0 Å². The Morgan fingerprint density at radius 1 is 1.21 bits per heavy atom. The molecular weight excluding hydrogens is 242 g/mol. The average molecular weight is 257 g/mol. The van der Waals surface area contributed by atoms with Gasteiger partial charge in [-0.25, -0.2) is 4.98 Å². The fraction of sp³-hybridized carbons (Fsp3) is 0.143. The minimum Gasteiger partial charge on any atom is -0.493 e. The van der Waals surface area contributed by atoms with Crippen LogP contribution in [0.2, 0.25) is 0 Å². The number of nitrogen functional groups attached to an aromatic ring is 1. The lowest BCUT2D eigenvalue weighted by atomic mass is 10.1. The minimum absolute atomic E-state index is 0.0736. The quantitative estimate of drug-likeness (QED) is 0.651. The van der Waals surface area contributed by atoms with Crippen molar-refractivity contribution in [1.82, 2.24) is 4.98 Å². The number of methoxy groups -OCH3 is 1. The molecule has 0 aliphatic carbocycles. The summed E-state index contributed by atoms with van der Waals surface area (Å²) in [7, 11) is 1.57. The third kappa shape index (κ3) is 2.65. The summed E-state index contributed by atoms with van der Waals surface area (Å²) in [6.45, 7) is 1.85. The first kappa shape index (κ1) is 12.9. The van der Waals surface area contributed by atoms with Crippen LogP contribution < -0.4 is 15.2 Å². The molecule has 1 heterocycles. The van der Waals surface area contributed by atoms with Gasteiger partial charge in [0.2, 0.25) is 5.88 Å². The molecule has 1 aromatic heterocycles. The van der Waals surface area contributed by atoms with E-state index < -0.39 is 0 Å². The fourth-order valence-electron chi connectivity index (χ4n) is 1.75. The molecule has 0 aliphatic rings. The maximum Gasteiger partial charge on any atom is 0.230 e. The van der Waals surface area contributed by atoms with Crippen molar-refractivity contribution in [1.29, 1.82) is 5.41 Å². The molecule has 3 N–H and O–H groups in total. The lowest BCUT2D eigenvalue weighted by Crippen LogP contribution is -2.15. The lowest BCUT2D eigenvalue weighted by Gasteiger charge is -2.13. The second-order valence-electron chi connectivity index (χ2n) is 3.97. The number of nitrogens with one attached hydrogen (secondary N) is 1. The molecular formula is C14H15N3O2. The highest BCUT2D eigenvalue weighted by Gasteiger charge is 2.14. The average Bonchev–Trinajstić information content (AvgIpc) is 2.39. The molecule has 0 fully saturated rings. The molecule has 5 nitrogen and oxygen atoms in total. The molecule has 1 aromatic carbocycles. The standard InChI is InChI=1S/C14H15N3O2/c1-9-7-8-17-14(12(9)13(15)16)19-11-6-4-3-5-10(11)18-2/h3-8H,1-2H3,(H3,15,16). The molecule has 0 unspecified atom stereocenters. The Hall–Kier alpha value is -2.56. The number of benzene rings is 1. The van der Waals surface area contributed by atoms with Crippen molar-refractivity contribution in [2.24, 2.45) is 5.73 Å². The van der Waals surface area contributed by atoms with Gasteiger partial charge in [-0.1, -0.05) is 12.1 Å². The summed E-state index contributed by atoms with van der Waals surface area (Å²) in [6.07, 6.45) is 1.62. The van der Waals surface area contributed by atoms with E-state index in [1.165, 1.54) is 0 Å². The summed E-state index contributed by atoms with van der Waals surface area (Å²) in [5, 5.41) is 7.61. The Kier molecular flexibility index (Phi) is 3.66. The summed E-state index contributed by atoms with van der Waals surface area (Å²) in [5.41, 5.74) is 6.91. The van der Waals surface area contributed by atoms with Gasteiger partial charge in [-0.3, -0.25) is 5.41 Å². The van der Waals surface area contributed by atoms with Gasteiger partial charge in [0.05, 0.1) is 12.7 Å². The number of rotatable bonds is 4. The van der Waals surface area contributed by atoms with Crippen molar-refractivity contribution in [3.05, 3.63) is 47.7 Å². The van der Waals surface area contributed by atoms with Crippen LogP contribution in [0, 0.1) is 12.3 Å². The Labute approximate surface area is 111 Å². The van der Waals surface area contributed by atoms with Gasteiger partial charge in [-0.15, -0.1) is 0 Å². The van der Waals surface area contributed by atoms with Crippen LogP contribution in [0.5, 0.6) is 17.4 Å². The predicted molar refractivity (Wildman–Crippen MR) is 73.1 cm³/mol. The minimum atomic E-state index is -0.0736. The molecule has 19 heavy (non-hydrogen) atoms. The van der Waals surface area contributed by atoms with Crippen molar-refractivity contribution in [2.45, 2.75) is 6.92 Å². The summed E-state index contributed by atoms with van der Waals surface area (Å²) >= 11 is 0.